The first-order valence-corrected chi connectivity index (χ1v) is 19.6. The van der Waals surface area contributed by atoms with E-state index in [1.165, 1.54) is 79.7 Å². The maximum atomic E-state index is 4.92. The lowest BCUT2D eigenvalue weighted by Gasteiger charge is -2.26. The van der Waals surface area contributed by atoms with E-state index in [9.17, 15) is 0 Å². The van der Waals surface area contributed by atoms with Crippen molar-refractivity contribution in [2.45, 2.75) is 67.1 Å². The first-order chi connectivity index (χ1) is 24.8. The molecule has 4 heteroatoms. The van der Waals surface area contributed by atoms with Crippen LogP contribution in [-0.4, -0.2) is 22.2 Å². The number of rotatable bonds is 5. The molecule has 5 unspecified atom stereocenters. The zero-order chi connectivity index (χ0) is 33.0. The molecule has 3 heterocycles. The quantitative estimate of drug-likeness (QED) is 0.274. The highest BCUT2D eigenvalue weighted by Gasteiger charge is 2.33. The molecule has 50 heavy (non-hydrogen) atoms. The summed E-state index contributed by atoms with van der Waals surface area (Å²) < 4.78 is 2.64. The molecule has 0 saturated heterocycles. The van der Waals surface area contributed by atoms with Gasteiger partial charge in [-0.25, -0.2) is 4.99 Å². The third kappa shape index (κ3) is 5.22. The van der Waals surface area contributed by atoms with Crippen LogP contribution in [0.25, 0.3) is 28.1 Å². The lowest BCUT2D eigenvalue weighted by Crippen LogP contribution is -2.32. The van der Waals surface area contributed by atoms with Crippen molar-refractivity contribution in [3.05, 3.63) is 155 Å². The second-order valence-electron chi connectivity index (χ2n) is 14.7. The fourth-order valence-electron chi connectivity index (χ4n) is 9.17. The van der Waals surface area contributed by atoms with Crippen molar-refractivity contribution in [2.75, 3.05) is 6.54 Å². The van der Waals surface area contributed by atoms with E-state index in [4.69, 9.17) is 4.99 Å². The van der Waals surface area contributed by atoms with Gasteiger partial charge in [0.2, 0.25) is 0 Å². The number of nitrogens with zero attached hydrogens (tertiary/aromatic N) is 2. The topological polar surface area (TPSA) is 29.3 Å². The first-order valence-electron chi connectivity index (χ1n) is 18.7. The van der Waals surface area contributed by atoms with Crippen LogP contribution in [0.5, 0.6) is 0 Å². The Morgan fingerprint density at radius 2 is 1.84 bits per heavy atom. The summed E-state index contributed by atoms with van der Waals surface area (Å²) in [6, 6.07) is 14.5. The van der Waals surface area contributed by atoms with Gasteiger partial charge in [0, 0.05) is 62.8 Å². The molecule has 2 aromatic carbocycles. The second-order valence-corrected chi connectivity index (χ2v) is 15.9. The lowest BCUT2D eigenvalue weighted by molar-refractivity contribution is 0.588. The molecule has 0 fully saturated rings. The standard InChI is InChI=1S/C46H43N3S/c1-3-10-30(11-4-1)33-21-25-42-41(26-33)38-24-20-34(37-15-9-16-40-39-14-7-8-17-44(39)50-45(37)40)27-43(38)49(42)36-22-18-32(19-23-36)46-47-28-35(29-48-46)31-12-5-2-6-13-31/h3,5,7-12,14-22,24-25,27-28,31,33,36,39,44H,1-2,4,6,13,23,26,29H2,(H,47,48). The van der Waals surface area contributed by atoms with Crippen molar-refractivity contribution in [3.8, 4) is 11.1 Å². The van der Waals surface area contributed by atoms with Gasteiger partial charge in [-0.15, -0.1) is 11.8 Å². The summed E-state index contributed by atoms with van der Waals surface area (Å²) in [5.41, 5.74) is 12.4. The minimum atomic E-state index is 0.243. The van der Waals surface area contributed by atoms with Crippen LogP contribution >= 0.6 is 11.8 Å². The molecule has 0 saturated carbocycles. The van der Waals surface area contributed by atoms with Gasteiger partial charge in [0.25, 0.3) is 0 Å². The molecule has 0 amide bonds. The fourth-order valence-corrected chi connectivity index (χ4v) is 10.6. The molecule has 10 rings (SSSR count). The van der Waals surface area contributed by atoms with Crippen molar-refractivity contribution >= 4 is 34.6 Å². The van der Waals surface area contributed by atoms with Crippen molar-refractivity contribution in [1.29, 1.82) is 0 Å². The molecule has 1 aromatic heterocycles. The normalized spacial score (nSPS) is 27.6. The molecule has 3 aromatic rings. The first kappa shape index (κ1) is 30.3. The number of allylic oxidation sites excluding steroid dienone is 12. The number of fused-ring (bicyclic) bond motifs is 6. The van der Waals surface area contributed by atoms with Crippen LogP contribution in [0.1, 0.15) is 67.3 Å². The largest absolute Gasteiger partial charge is 0.366 e. The van der Waals surface area contributed by atoms with Crippen LogP contribution in [0, 0.1) is 11.8 Å². The van der Waals surface area contributed by atoms with Crippen molar-refractivity contribution in [3.63, 3.8) is 0 Å². The molecule has 0 spiro atoms. The molecule has 3 nitrogen and oxygen atoms in total. The van der Waals surface area contributed by atoms with Gasteiger partial charge in [0.05, 0.1) is 6.04 Å². The zero-order valence-electron chi connectivity index (χ0n) is 28.5. The van der Waals surface area contributed by atoms with Crippen molar-refractivity contribution in [1.82, 2.24) is 9.88 Å². The molecule has 1 N–H and O–H groups in total. The van der Waals surface area contributed by atoms with E-state index in [0.717, 1.165) is 38.1 Å². The van der Waals surface area contributed by atoms with Crippen LogP contribution in [0.15, 0.2) is 148 Å². The number of hydrogen-bond donors (Lipinski definition) is 1. The third-order valence-electron chi connectivity index (χ3n) is 11.8. The number of thioether (sulfide) groups is 1. The Kier molecular flexibility index (Phi) is 7.67. The van der Waals surface area contributed by atoms with Crippen LogP contribution in [0.3, 0.4) is 0 Å². The van der Waals surface area contributed by atoms with Gasteiger partial charge < -0.3 is 9.88 Å². The van der Waals surface area contributed by atoms with E-state index in [0.29, 0.717) is 23.0 Å². The molecule has 0 radical (unpaired) electrons. The lowest BCUT2D eigenvalue weighted by atomic mass is 9.84. The number of amidine groups is 1. The average Bonchev–Trinajstić information content (AvgIpc) is 3.74. The summed E-state index contributed by atoms with van der Waals surface area (Å²) in [4.78, 5) is 6.37. The Bertz CT molecular complexity index is 2210. The minimum Gasteiger partial charge on any atom is -0.366 e. The molecule has 5 aliphatic carbocycles. The van der Waals surface area contributed by atoms with E-state index in [1.54, 1.807) is 0 Å². The highest BCUT2D eigenvalue weighted by atomic mass is 32.2. The number of nitrogens with one attached hydrogen (secondary N) is 1. The molecule has 2 aliphatic heterocycles. The molecular formula is C46H43N3S. The summed E-state index contributed by atoms with van der Waals surface area (Å²) in [5, 5.41) is 5.54. The van der Waals surface area contributed by atoms with Gasteiger partial charge >= 0.3 is 0 Å². The minimum absolute atomic E-state index is 0.243. The Morgan fingerprint density at radius 1 is 0.860 bits per heavy atom. The SMILES string of the molecule is C1=CC2Sc3c(-c4ccc5c6c(n(C7C=CC(C8=NC=C(C9C=CCCC9)CN8)=CC7)c5c4)C=CC(C4=CCCC=C4)C6)cccc3C2C=C1. The van der Waals surface area contributed by atoms with Gasteiger partial charge in [0.15, 0.2) is 0 Å². The number of aromatic nitrogens is 1. The third-order valence-corrected chi connectivity index (χ3v) is 13.2. The highest BCUT2D eigenvalue weighted by Crippen LogP contribution is 2.52. The van der Waals surface area contributed by atoms with Crippen molar-refractivity contribution < 1.29 is 0 Å². The molecule has 248 valence electrons. The van der Waals surface area contributed by atoms with E-state index in [1.807, 2.05) is 11.8 Å². The summed E-state index contributed by atoms with van der Waals surface area (Å²) >= 11 is 2.03. The Hall–Kier alpha value is -4.54. The van der Waals surface area contributed by atoms with E-state index in [-0.39, 0.29) is 6.04 Å². The second kappa shape index (κ2) is 12.7. The number of benzene rings is 2. The predicted molar refractivity (Wildman–Crippen MR) is 212 cm³/mol. The summed E-state index contributed by atoms with van der Waals surface area (Å²) in [5.74, 6) is 2.43. The van der Waals surface area contributed by atoms with Crippen LogP contribution < -0.4 is 5.32 Å². The number of aliphatic imine (C=N–C) groups is 1. The van der Waals surface area contributed by atoms with Crippen LogP contribution in [-0.2, 0) is 6.42 Å². The molecule has 7 aliphatic rings. The van der Waals surface area contributed by atoms with Gasteiger partial charge in [-0.1, -0.05) is 109 Å². The summed E-state index contributed by atoms with van der Waals surface area (Å²) in [6.07, 6.45) is 43.2. The maximum absolute atomic E-state index is 4.92. The zero-order valence-corrected chi connectivity index (χ0v) is 29.3. The smallest absolute Gasteiger partial charge is 0.133 e. The Labute approximate surface area is 300 Å². The Morgan fingerprint density at radius 3 is 2.68 bits per heavy atom. The summed E-state index contributed by atoms with van der Waals surface area (Å²) in [6.45, 7) is 0.883. The van der Waals surface area contributed by atoms with Crippen LogP contribution in [0.2, 0.25) is 0 Å². The summed E-state index contributed by atoms with van der Waals surface area (Å²) in [7, 11) is 0. The molecular weight excluding hydrogens is 627 g/mol. The predicted octanol–water partition coefficient (Wildman–Crippen LogP) is 11.1. The molecule has 0 bridgehead atoms. The highest BCUT2D eigenvalue weighted by molar-refractivity contribution is 8.00. The van der Waals surface area contributed by atoms with Crippen LogP contribution in [0.4, 0.5) is 0 Å². The van der Waals surface area contributed by atoms with Gasteiger partial charge in [-0.2, -0.15) is 0 Å². The Balaban J connectivity index is 1.02. The average molecular weight is 670 g/mol. The monoisotopic (exact) mass is 669 g/mol. The van der Waals surface area contributed by atoms with Gasteiger partial charge in [-0.3, -0.25) is 0 Å². The van der Waals surface area contributed by atoms with E-state index in [2.05, 4.69) is 138 Å². The maximum Gasteiger partial charge on any atom is 0.133 e. The van der Waals surface area contributed by atoms with Gasteiger partial charge in [0.1, 0.15) is 5.84 Å². The fraction of sp³-hybridized carbons (Fsp3) is 0.283. The van der Waals surface area contributed by atoms with Gasteiger partial charge in [-0.05, 0) is 90.5 Å². The van der Waals surface area contributed by atoms with Crippen molar-refractivity contribution in [2.24, 2.45) is 16.8 Å². The molecule has 5 atom stereocenters. The van der Waals surface area contributed by atoms with E-state index >= 15 is 0 Å². The van der Waals surface area contributed by atoms with E-state index < -0.39 is 0 Å². The number of hydrogen-bond acceptors (Lipinski definition) is 3.